The number of guanidine groups is 1. The first-order valence-electron chi connectivity index (χ1n) is 6.56. The lowest BCUT2D eigenvalue weighted by atomic mass is 9.91. The van der Waals surface area contributed by atoms with Crippen molar-refractivity contribution in [2.45, 2.75) is 38.6 Å². The number of amides is 1. The Balaban J connectivity index is 2.09. The Morgan fingerprint density at radius 1 is 1.35 bits per heavy atom. The van der Waals surface area contributed by atoms with E-state index in [0.29, 0.717) is 12.5 Å². The van der Waals surface area contributed by atoms with Crippen molar-refractivity contribution >= 4 is 11.9 Å². The second kappa shape index (κ2) is 5.04. The molecule has 2 saturated heterocycles. The summed E-state index contributed by atoms with van der Waals surface area (Å²) in [6, 6.07) is 0. The van der Waals surface area contributed by atoms with Crippen LogP contribution in [0.2, 0.25) is 0 Å². The van der Waals surface area contributed by atoms with Gasteiger partial charge in [-0.25, -0.2) is 0 Å². The van der Waals surface area contributed by atoms with Gasteiger partial charge >= 0.3 is 0 Å². The quantitative estimate of drug-likeness (QED) is 0.729. The summed E-state index contributed by atoms with van der Waals surface area (Å²) in [6.45, 7) is 7.97. The number of carbonyl (C=O) groups is 1. The van der Waals surface area contributed by atoms with Crippen LogP contribution in [0.3, 0.4) is 0 Å². The monoisotopic (exact) mass is 238 g/mol. The summed E-state index contributed by atoms with van der Waals surface area (Å²) in [5, 5.41) is 6.16. The van der Waals surface area contributed by atoms with Crippen LogP contribution in [0.25, 0.3) is 0 Å². The summed E-state index contributed by atoms with van der Waals surface area (Å²) < 4.78 is 0. The van der Waals surface area contributed by atoms with Crippen LogP contribution < -0.4 is 10.6 Å². The lowest BCUT2D eigenvalue weighted by Crippen LogP contribution is -2.47. The van der Waals surface area contributed by atoms with Gasteiger partial charge in [0, 0.05) is 13.1 Å². The van der Waals surface area contributed by atoms with Crippen LogP contribution in [0.15, 0.2) is 4.99 Å². The van der Waals surface area contributed by atoms with Crippen LogP contribution >= 0.6 is 0 Å². The van der Waals surface area contributed by atoms with E-state index in [4.69, 9.17) is 0 Å². The van der Waals surface area contributed by atoms with Gasteiger partial charge in [-0.15, -0.1) is 0 Å². The van der Waals surface area contributed by atoms with Gasteiger partial charge in [0.2, 0.25) is 0 Å². The van der Waals surface area contributed by atoms with E-state index in [1.807, 2.05) is 6.92 Å². The fourth-order valence-corrected chi connectivity index (χ4v) is 2.64. The fraction of sp³-hybridized carbons (Fsp3) is 0.833. The average Bonchev–Trinajstić information content (AvgIpc) is 2.51. The summed E-state index contributed by atoms with van der Waals surface area (Å²) in [7, 11) is 0. The molecular formula is C12H22N4O. The van der Waals surface area contributed by atoms with Crippen molar-refractivity contribution in [2.75, 3.05) is 26.2 Å². The molecule has 17 heavy (non-hydrogen) atoms. The molecule has 2 aliphatic rings. The lowest BCUT2D eigenvalue weighted by Gasteiger charge is -2.24. The molecule has 2 rings (SSSR count). The number of rotatable bonds is 2. The van der Waals surface area contributed by atoms with Crippen molar-refractivity contribution < 1.29 is 4.79 Å². The third-order valence-corrected chi connectivity index (χ3v) is 3.72. The molecule has 0 aromatic rings. The van der Waals surface area contributed by atoms with Gasteiger partial charge < -0.3 is 10.2 Å². The summed E-state index contributed by atoms with van der Waals surface area (Å²) in [6.07, 6.45) is 2.83. The van der Waals surface area contributed by atoms with E-state index in [-0.39, 0.29) is 5.91 Å². The van der Waals surface area contributed by atoms with Gasteiger partial charge in [-0.3, -0.25) is 15.1 Å². The molecule has 1 atom stereocenters. The predicted octanol–water partition coefficient (Wildman–Crippen LogP) is 0.326. The minimum Gasteiger partial charge on any atom is -0.342 e. The molecule has 0 aliphatic carbocycles. The normalized spacial score (nSPS) is 32.6. The molecule has 2 aliphatic heterocycles. The molecule has 5 nitrogen and oxygen atoms in total. The highest BCUT2D eigenvalue weighted by Crippen LogP contribution is 2.25. The second-order valence-corrected chi connectivity index (χ2v) is 4.77. The zero-order valence-corrected chi connectivity index (χ0v) is 10.8. The zero-order chi connectivity index (χ0) is 12.3. The van der Waals surface area contributed by atoms with E-state index in [0.717, 1.165) is 38.9 Å². The van der Waals surface area contributed by atoms with Gasteiger partial charge in [0.15, 0.2) is 5.96 Å². The van der Waals surface area contributed by atoms with Crippen molar-refractivity contribution in [1.82, 2.24) is 15.5 Å². The van der Waals surface area contributed by atoms with Crippen LogP contribution in [-0.4, -0.2) is 48.5 Å². The van der Waals surface area contributed by atoms with E-state index in [9.17, 15) is 4.79 Å². The van der Waals surface area contributed by atoms with E-state index in [2.05, 4.69) is 27.4 Å². The molecule has 2 fully saturated rings. The molecule has 0 aromatic carbocycles. The van der Waals surface area contributed by atoms with Crippen LogP contribution in [0.5, 0.6) is 0 Å². The Morgan fingerprint density at radius 2 is 2.18 bits per heavy atom. The maximum Gasteiger partial charge on any atom is 0.252 e. The van der Waals surface area contributed by atoms with Crippen LogP contribution in [0.4, 0.5) is 0 Å². The molecule has 1 unspecified atom stereocenters. The summed E-state index contributed by atoms with van der Waals surface area (Å²) in [5.74, 6) is 0.755. The molecule has 96 valence electrons. The van der Waals surface area contributed by atoms with Crippen molar-refractivity contribution in [3.05, 3.63) is 0 Å². The third-order valence-electron chi connectivity index (χ3n) is 3.72. The Labute approximate surface area is 103 Å². The summed E-state index contributed by atoms with van der Waals surface area (Å²) in [4.78, 5) is 18.8. The Bertz CT molecular complexity index is 328. The van der Waals surface area contributed by atoms with E-state index >= 15 is 0 Å². The number of nitrogens with zero attached hydrogens (tertiary/aromatic N) is 2. The third kappa shape index (κ3) is 2.44. The molecule has 0 bridgehead atoms. The smallest absolute Gasteiger partial charge is 0.252 e. The topological polar surface area (TPSA) is 56.7 Å². The van der Waals surface area contributed by atoms with Gasteiger partial charge in [0.1, 0.15) is 5.54 Å². The van der Waals surface area contributed by atoms with E-state index in [1.54, 1.807) is 0 Å². The molecule has 0 aromatic heterocycles. The zero-order valence-electron chi connectivity index (χ0n) is 10.8. The lowest BCUT2D eigenvalue weighted by molar-refractivity contribution is -0.124. The summed E-state index contributed by atoms with van der Waals surface area (Å²) in [5.41, 5.74) is -0.405. The Morgan fingerprint density at radius 3 is 2.88 bits per heavy atom. The SMILES string of the molecule is CCN=C1NC(=O)C2(CCCN(CC)CC2)N1. The largest absolute Gasteiger partial charge is 0.342 e. The van der Waals surface area contributed by atoms with Crippen molar-refractivity contribution in [3.63, 3.8) is 0 Å². The van der Waals surface area contributed by atoms with Crippen LogP contribution in [0, 0.1) is 0 Å². The standard InChI is InChI=1S/C12H22N4O/c1-3-13-11-14-10(17)12(15-11)6-5-8-16(4-2)9-7-12/h3-9H2,1-2H3,(H2,13,14,15,17). The summed E-state index contributed by atoms with van der Waals surface area (Å²) >= 11 is 0. The van der Waals surface area contributed by atoms with Crippen molar-refractivity contribution in [2.24, 2.45) is 4.99 Å². The first-order chi connectivity index (χ1) is 8.20. The molecule has 0 saturated carbocycles. The molecule has 2 heterocycles. The maximum absolute atomic E-state index is 12.1. The number of likely N-dealkylation sites (tertiary alicyclic amines) is 1. The first-order valence-corrected chi connectivity index (χ1v) is 6.56. The molecule has 5 heteroatoms. The number of carbonyl (C=O) groups excluding carboxylic acids is 1. The molecular weight excluding hydrogens is 216 g/mol. The van der Waals surface area contributed by atoms with Gasteiger partial charge in [0.25, 0.3) is 5.91 Å². The first kappa shape index (κ1) is 12.4. The van der Waals surface area contributed by atoms with Gasteiger partial charge in [-0.1, -0.05) is 6.92 Å². The van der Waals surface area contributed by atoms with Crippen molar-refractivity contribution in [1.29, 1.82) is 0 Å². The van der Waals surface area contributed by atoms with Crippen LogP contribution in [0.1, 0.15) is 33.1 Å². The number of hydrogen-bond donors (Lipinski definition) is 2. The second-order valence-electron chi connectivity index (χ2n) is 4.77. The fourth-order valence-electron chi connectivity index (χ4n) is 2.64. The molecule has 2 N–H and O–H groups in total. The molecule has 1 spiro atoms. The van der Waals surface area contributed by atoms with Gasteiger partial charge in [-0.05, 0) is 39.3 Å². The van der Waals surface area contributed by atoms with Crippen molar-refractivity contribution in [3.8, 4) is 0 Å². The number of aliphatic imine (C=N–C) groups is 1. The number of hydrogen-bond acceptors (Lipinski definition) is 3. The Hall–Kier alpha value is -1.10. The molecule has 1 amide bonds. The highest BCUT2D eigenvalue weighted by atomic mass is 16.2. The molecule has 0 radical (unpaired) electrons. The van der Waals surface area contributed by atoms with Gasteiger partial charge in [-0.2, -0.15) is 0 Å². The van der Waals surface area contributed by atoms with Gasteiger partial charge in [0.05, 0.1) is 0 Å². The number of nitrogens with one attached hydrogen (secondary N) is 2. The minimum absolute atomic E-state index is 0.0997. The average molecular weight is 238 g/mol. The maximum atomic E-state index is 12.1. The predicted molar refractivity (Wildman–Crippen MR) is 68.0 cm³/mol. The highest BCUT2D eigenvalue weighted by molar-refractivity contribution is 6.09. The highest BCUT2D eigenvalue weighted by Gasteiger charge is 2.45. The van der Waals surface area contributed by atoms with Crippen LogP contribution in [-0.2, 0) is 4.79 Å². The van der Waals surface area contributed by atoms with E-state index in [1.165, 1.54) is 0 Å². The van der Waals surface area contributed by atoms with E-state index < -0.39 is 5.54 Å². The Kier molecular flexibility index (Phi) is 3.66. The minimum atomic E-state index is -0.405.